The van der Waals surface area contributed by atoms with Gasteiger partial charge in [0.05, 0.1) is 6.42 Å². The van der Waals surface area contributed by atoms with Crippen molar-refractivity contribution in [3.05, 3.63) is 34.9 Å². The molecule has 1 rings (SSSR count). The molecule has 1 atom stereocenters. The van der Waals surface area contributed by atoms with Crippen molar-refractivity contribution >= 4 is 23.5 Å². The lowest BCUT2D eigenvalue weighted by atomic mass is 10.1. The molecular formula is C11H9ClF3NO3. The first kappa shape index (κ1) is 15.3. The van der Waals surface area contributed by atoms with E-state index in [-0.39, 0.29) is 10.6 Å². The van der Waals surface area contributed by atoms with Crippen LogP contribution in [-0.2, 0) is 4.79 Å². The van der Waals surface area contributed by atoms with Crippen LogP contribution in [0.4, 0.5) is 13.2 Å². The highest BCUT2D eigenvalue weighted by Crippen LogP contribution is 2.22. The number of hydrogen-bond donors (Lipinski definition) is 2. The third-order valence-electron chi connectivity index (χ3n) is 2.13. The molecule has 0 aliphatic rings. The van der Waals surface area contributed by atoms with Gasteiger partial charge in [-0.1, -0.05) is 17.7 Å². The number of amides is 1. The number of carboxylic acid groups (broad SMARTS) is 1. The van der Waals surface area contributed by atoms with Crippen molar-refractivity contribution in [2.24, 2.45) is 0 Å². The largest absolute Gasteiger partial charge is 0.480 e. The third kappa shape index (κ3) is 5.17. The molecule has 19 heavy (non-hydrogen) atoms. The van der Waals surface area contributed by atoms with Crippen LogP contribution in [-0.4, -0.2) is 29.2 Å². The first-order chi connectivity index (χ1) is 8.69. The molecule has 0 aromatic heterocycles. The number of rotatable bonds is 4. The van der Waals surface area contributed by atoms with E-state index in [0.717, 1.165) is 0 Å². The number of nitrogens with one attached hydrogen (secondary N) is 1. The standard InChI is InChI=1S/C11H9ClF3NO3/c12-7-3-1-2-6(4-7)9(17)16-8(10(18)19)5-11(13,14)15/h1-4,8H,5H2,(H,16,17)(H,18,19). The van der Waals surface area contributed by atoms with Gasteiger partial charge in [-0.3, -0.25) is 4.79 Å². The van der Waals surface area contributed by atoms with Crippen molar-refractivity contribution in [3.63, 3.8) is 0 Å². The quantitative estimate of drug-likeness (QED) is 0.897. The average molecular weight is 296 g/mol. The lowest BCUT2D eigenvalue weighted by Crippen LogP contribution is -2.43. The van der Waals surface area contributed by atoms with Crippen LogP contribution >= 0.6 is 11.6 Å². The fourth-order valence-electron chi connectivity index (χ4n) is 1.30. The Morgan fingerprint density at radius 1 is 1.37 bits per heavy atom. The van der Waals surface area contributed by atoms with Gasteiger partial charge in [-0.05, 0) is 18.2 Å². The van der Waals surface area contributed by atoms with Crippen molar-refractivity contribution in [2.75, 3.05) is 0 Å². The second-order valence-corrected chi connectivity index (χ2v) is 4.13. The summed E-state index contributed by atoms with van der Waals surface area (Å²) in [5.74, 6) is -2.69. The highest BCUT2D eigenvalue weighted by molar-refractivity contribution is 6.30. The first-order valence-corrected chi connectivity index (χ1v) is 5.43. The zero-order valence-electron chi connectivity index (χ0n) is 9.37. The Labute approximate surface area is 111 Å². The summed E-state index contributed by atoms with van der Waals surface area (Å²) in [5, 5.41) is 10.7. The number of carboxylic acids is 1. The van der Waals surface area contributed by atoms with Crippen LogP contribution in [0.25, 0.3) is 0 Å². The van der Waals surface area contributed by atoms with E-state index >= 15 is 0 Å². The van der Waals surface area contributed by atoms with E-state index in [1.165, 1.54) is 24.3 Å². The smallest absolute Gasteiger partial charge is 0.391 e. The van der Waals surface area contributed by atoms with Crippen molar-refractivity contribution in [2.45, 2.75) is 18.6 Å². The van der Waals surface area contributed by atoms with E-state index in [0.29, 0.717) is 0 Å². The second-order valence-electron chi connectivity index (χ2n) is 3.69. The lowest BCUT2D eigenvalue weighted by Gasteiger charge is -2.16. The molecule has 0 radical (unpaired) electrons. The van der Waals surface area contributed by atoms with Crippen molar-refractivity contribution in [1.82, 2.24) is 5.32 Å². The Morgan fingerprint density at radius 3 is 2.47 bits per heavy atom. The molecule has 8 heteroatoms. The predicted octanol–water partition coefficient (Wildman–Crippen LogP) is 2.48. The van der Waals surface area contributed by atoms with Crippen molar-refractivity contribution in [1.29, 1.82) is 0 Å². The summed E-state index contributed by atoms with van der Waals surface area (Å²) in [7, 11) is 0. The monoisotopic (exact) mass is 295 g/mol. The van der Waals surface area contributed by atoms with Crippen LogP contribution in [0.15, 0.2) is 24.3 Å². The van der Waals surface area contributed by atoms with Crippen LogP contribution in [0.5, 0.6) is 0 Å². The zero-order chi connectivity index (χ0) is 14.6. The van der Waals surface area contributed by atoms with Crippen molar-refractivity contribution in [3.8, 4) is 0 Å². The van der Waals surface area contributed by atoms with Gasteiger partial charge >= 0.3 is 12.1 Å². The molecule has 1 amide bonds. The topological polar surface area (TPSA) is 66.4 Å². The molecule has 104 valence electrons. The predicted molar refractivity (Wildman–Crippen MR) is 61.0 cm³/mol. The fraction of sp³-hybridized carbons (Fsp3) is 0.273. The van der Waals surface area contributed by atoms with E-state index in [2.05, 4.69) is 0 Å². The molecule has 0 heterocycles. The van der Waals surface area contributed by atoms with Gasteiger partial charge in [-0.2, -0.15) is 13.2 Å². The van der Waals surface area contributed by atoms with E-state index in [1.54, 1.807) is 5.32 Å². The highest BCUT2D eigenvalue weighted by atomic mass is 35.5. The van der Waals surface area contributed by atoms with Crippen LogP contribution in [0.3, 0.4) is 0 Å². The van der Waals surface area contributed by atoms with Gasteiger partial charge in [-0.15, -0.1) is 0 Å². The van der Waals surface area contributed by atoms with E-state index in [9.17, 15) is 22.8 Å². The summed E-state index contributed by atoms with van der Waals surface area (Å²) < 4.78 is 36.4. The van der Waals surface area contributed by atoms with E-state index in [4.69, 9.17) is 16.7 Å². The molecule has 2 N–H and O–H groups in total. The summed E-state index contributed by atoms with van der Waals surface area (Å²) in [4.78, 5) is 22.3. The number of carbonyl (C=O) groups excluding carboxylic acids is 1. The molecule has 1 aromatic rings. The fourth-order valence-corrected chi connectivity index (χ4v) is 1.49. The minimum atomic E-state index is -4.69. The summed E-state index contributed by atoms with van der Waals surface area (Å²) in [6.07, 6.45) is -6.33. The minimum Gasteiger partial charge on any atom is -0.480 e. The molecule has 0 saturated heterocycles. The third-order valence-corrected chi connectivity index (χ3v) is 2.36. The van der Waals surface area contributed by atoms with Crippen LogP contribution < -0.4 is 5.32 Å². The maximum Gasteiger partial charge on any atom is 0.391 e. The molecule has 0 aliphatic heterocycles. The van der Waals surface area contributed by atoms with Crippen LogP contribution in [0.1, 0.15) is 16.8 Å². The molecule has 0 saturated carbocycles. The Hall–Kier alpha value is -1.76. The number of hydrogen-bond acceptors (Lipinski definition) is 2. The van der Waals surface area contributed by atoms with E-state index in [1.807, 2.05) is 0 Å². The van der Waals surface area contributed by atoms with Gasteiger partial charge in [0.25, 0.3) is 5.91 Å². The SMILES string of the molecule is O=C(NC(CC(F)(F)F)C(=O)O)c1cccc(Cl)c1. The average Bonchev–Trinajstić information content (AvgIpc) is 2.26. The Bertz CT molecular complexity index is 490. The Kier molecular flexibility index (Phi) is 4.77. The number of aliphatic carboxylic acids is 1. The molecule has 0 spiro atoms. The molecule has 4 nitrogen and oxygen atoms in total. The summed E-state index contributed by atoms with van der Waals surface area (Å²) >= 11 is 5.62. The first-order valence-electron chi connectivity index (χ1n) is 5.05. The molecule has 0 aliphatic carbocycles. The normalized spacial score (nSPS) is 12.8. The molecule has 1 unspecified atom stereocenters. The Morgan fingerprint density at radius 2 is 2.00 bits per heavy atom. The second kappa shape index (κ2) is 5.92. The number of benzene rings is 1. The maximum absolute atomic E-state index is 12.1. The number of halogens is 4. The summed E-state index contributed by atoms with van der Waals surface area (Å²) in [6, 6.07) is 3.41. The molecule has 1 aromatic carbocycles. The molecule has 0 bridgehead atoms. The van der Waals surface area contributed by atoms with Crippen LogP contribution in [0.2, 0.25) is 5.02 Å². The maximum atomic E-state index is 12.1. The van der Waals surface area contributed by atoms with Gasteiger partial charge in [-0.25, -0.2) is 4.79 Å². The zero-order valence-corrected chi connectivity index (χ0v) is 10.1. The van der Waals surface area contributed by atoms with Gasteiger partial charge in [0.15, 0.2) is 0 Å². The lowest BCUT2D eigenvalue weighted by molar-refractivity contribution is -0.157. The van der Waals surface area contributed by atoms with Gasteiger partial charge < -0.3 is 10.4 Å². The summed E-state index contributed by atoms with van der Waals surface area (Å²) in [5.41, 5.74) is -0.0130. The molecule has 0 fully saturated rings. The Balaban J connectivity index is 2.80. The number of carbonyl (C=O) groups is 2. The summed E-state index contributed by atoms with van der Waals surface area (Å²) in [6.45, 7) is 0. The van der Waals surface area contributed by atoms with Gasteiger partial charge in [0.1, 0.15) is 6.04 Å². The van der Waals surface area contributed by atoms with Gasteiger partial charge in [0.2, 0.25) is 0 Å². The van der Waals surface area contributed by atoms with E-state index < -0.39 is 30.5 Å². The van der Waals surface area contributed by atoms with Crippen molar-refractivity contribution < 1.29 is 27.9 Å². The minimum absolute atomic E-state index is 0.0130. The van der Waals surface area contributed by atoms with Crippen LogP contribution in [0, 0.1) is 0 Å². The molecular weight excluding hydrogens is 287 g/mol. The highest BCUT2D eigenvalue weighted by Gasteiger charge is 2.36. The van der Waals surface area contributed by atoms with Gasteiger partial charge in [0, 0.05) is 10.6 Å². The number of alkyl halides is 3.